The molecule has 0 radical (unpaired) electrons. The van der Waals surface area contributed by atoms with Gasteiger partial charge in [-0.25, -0.2) is 0 Å². The Morgan fingerprint density at radius 2 is 2.19 bits per heavy atom. The van der Waals surface area contributed by atoms with Crippen LogP contribution in [0.3, 0.4) is 0 Å². The maximum atomic E-state index is 3.67. The van der Waals surface area contributed by atoms with E-state index >= 15 is 0 Å². The molecular formula is C17H16BrNS2. The summed E-state index contributed by atoms with van der Waals surface area (Å²) in [5, 5.41) is 7.19. The van der Waals surface area contributed by atoms with E-state index in [2.05, 4.69) is 57.9 Å². The molecule has 0 fully saturated rings. The van der Waals surface area contributed by atoms with Gasteiger partial charge < -0.3 is 5.32 Å². The molecule has 1 atom stereocenters. The number of fused-ring (bicyclic) bond motifs is 2. The first-order valence-electron chi connectivity index (χ1n) is 7.22. The molecule has 0 saturated heterocycles. The van der Waals surface area contributed by atoms with Gasteiger partial charge in [-0.3, -0.25) is 0 Å². The average Bonchev–Trinajstić information content (AvgIpc) is 3.15. The van der Waals surface area contributed by atoms with E-state index in [1.807, 2.05) is 22.7 Å². The van der Waals surface area contributed by atoms with E-state index in [0.717, 1.165) is 0 Å². The molecule has 0 amide bonds. The van der Waals surface area contributed by atoms with Gasteiger partial charge in [0.1, 0.15) is 0 Å². The van der Waals surface area contributed by atoms with E-state index in [-0.39, 0.29) is 0 Å². The zero-order valence-electron chi connectivity index (χ0n) is 11.8. The highest BCUT2D eigenvalue weighted by molar-refractivity contribution is 9.10. The van der Waals surface area contributed by atoms with Crippen molar-refractivity contribution in [3.05, 3.63) is 55.0 Å². The van der Waals surface area contributed by atoms with Crippen LogP contribution >= 0.6 is 38.6 Å². The quantitative estimate of drug-likeness (QED) is 0.633. The number of halogens is 1. The van der Waals surface area contributed by atoms with E-state index in [1.54, 1.807) is 10.4 Å². The molecule has 1 nitrogen and oxygen atoms in total. The molecule has 108 valence electrons. The summed E-state index contributed by atoms with van der Waals surface area (Å²) < 4.78 is 2.54. The molecule has 3 aromatic rings. The van der Waals surface area contributed by atoms with Gasteiger partial charge in [-0.15, -0.1) is 22.7 Å². The van der Waals surface area contributed by atoms with Crippen molar-refractivity contribution in [2.75, 3.05) is 7.05 Å². The number of hydrogen-bond acceptors (Lipinski definition) is 3. The Balaban J connectivity index is 1.82. The standard InChI is InChI=1S/C17H16BrNS2/c1-19-16(15-8-10-4-2-7-14(10)21-15)12-9-20-17-11(12)5-3-6-13(17)18/h3,5-6,8-9,16,19H,2,4,7H2,1H3. The fourth-order valence-electron chi connectivity index (χ4n) is 3.21. The van der Waals surface area contributed by atoms with Crippen LogP contribution in [0.5, 0.6) is 0 Å². The fourth-order valence-corrected chi connectivity index (χ4v) is 6.25. The molecular weight excluding hydrogens is 362 g/mol. The van der Waals surface area contributed by atoms with E-state index in [1.165, 1.54) is 44.3 Å². The second-order valence-corrected chi connectivity index (χ2v) is 8.38. The lowest BCUT2D eigenvalue weighted by Gasteiger charge is -2.14. The topological polar surface area (TPSA) is 12.0 Å². The Morgan fingerprint density at radius 1 is 1.29 bits per heavy atom. The number of thiophene rings is 2. The largest absolute Gasteiger partial charge is 0.309 e. The Hall–Kier alpha value is -0.680. The molecule has 4 rings (SSSR count). The third-order valence-electron chi connectivity index (χ3n) is 4.23. The van der Waals surface area contributed by atoms with Crippen LogP contribution in [0.4, 0.5) is 0 Å². The van der Waals surface area contributed by atoms with Gasteiger partial charge in [0, 0.05) is 18.9 Å². The van der Waals surface area contributed by atoms with Gasteiger partial charge in [0.05, 0.1) is 6.04 Å². The van der Waals surface area contributed by atoms with Gasteiger partial charge in [-0.05, 0) is 76.3 Å². The van der Waals surface area contributed by atoms with Crippen LogP contribution in [0.1, 0.15) is 33.3 Å². The first-order chi connectivity index (χ1) is 10.3. The van der Waals surface area contributed by atoms with E-state index in [9.17, 15) is 0 Å². The highest BCUT2D eigenvalue weighted by atomic mass is 79.9. The maximum Gasteiger partial charge on any atom is 0.0683 e. The van der Waals surface area contributed by atoms with Crippen molar-refractivity contribution in [2.24, 2.45) is 0 Å². The van der Waals surface area contributed by atoms with Gasteiger partial charge in [0.15, 0.2) is 0 Å². The predicted molar refractivity (Wildman–Crippen MR) is 96.8 cm³/mol. The minimum atomic E-state index is 0.309. The molecule has 0 aliphatic heterocycles. The van der Waals surface area contributed by atoms with Crippen LogP contribution in [0.15, 0.2) is 34.1 Å². The Morgan fingerprint density at radius 3 is 3.00 bits per heavy atom. The van der Waals surface area contributed by atoms with Gasteiger partial charge in [0.25, 0.3) is 0 Å². The molecule has 1 aliphatic carbocycles. The normalized spacial score (nSPS) is 15.5. The molecule has 2 aromatic heterocycles. The number of rotatable bonds is 3. The van der Waals surface area contributed by atoms with Crippen molar-refractivity contribution in [2.45, 2.75) is 25.3 Å². The van der Waals surface area contributed by atoms with Crippen molar-refractivity contribution >= 4 is 48.7 Å². The third-order valence-corrected chi connectivity index (χ3v) is 7.50. The van der Waals surface area contributed by atoms with Gasteiger partial charge in [-0.1, -0.05) is 12.1 Å². The Kier molecular flexibility index (Phi) is 3.66. The molecule has 1 aliphatic rings. The Labute approximate surface area is 141 Å². The van der Waals surface area contributed by atoms with Gasteiger partial charge >= 0.3 is 0 Å². The second kappa shape index (κ2) is 5.51. The lowest BCUT2D eigenvalue weighted by molar-refractivity contribution is 0.710. The van der Waals surface area contributed by atoms with E-state index in [4.69, 9.17) is 0 Å². The van der Waals surface area contributed by atoms with Gasteiger partial charge in [-0.2, -0.15) is 0 Å². The lowest BCUT2D eigenvalue weighted by Crippen LogP contribution is -2.16. The van der Waals surface area contributed by atoms with Crippen molar-refractivity contribution < 1.29 is 0 Å². The van der Waals surface area contributed by atoms with Gasteiger partial charge in [0.2, 0.25) is 0 Å². The zero-order chi connectivity index (χ0) is 14.4. The van der Waals surface area contributed by atoms with Crippen LogP contribution in [0.2, 0.25) is 0 Å². The molecule has 2 heterocycles. The van der Waals surface area contributed by atoms with Crippen LogP contribution in [0, 0.1) is 0 Å². The lowest BCUT2D eigenvalue weighted by atomic mass is 10.0. The van der Waals surface area contributed by atoms with Crippen molar-refractivity contribution in [1.82, 2.24) is 5.32 Å². The highest BCUT2D eigenvalue weighted by Crippen LogP contribution is 2.41. The summed E-state index contributed by atoms with van der Waals surface area (Å²) in [6.07, 6.45) is 3.87. The first kappa shape index (κ1) is 13.9. The summed E-state index contributed by atoms with van der Waals surface area (Å²) in [6.45, 7) is 0. The first-order valence-corrected chi connectivity index (χ1v) is 9.71. The van der Waals surface area contributed by atoms with Crippen LogP contribution in [-0.2, 0) is 12.8 Å². The molecule has 0 spiro atoms. The minimum Gasteiger partial charge on any atom is -0.309 e. The summed E-state index contributed by atoms with van der Waals surface area (Å²) in [6, 6.07) is 9.22. The smallest absolute Gasteiger partial charge is 0.0683 e. The third kappa shape index (κ3) is 2.29. The van der Waals surface area contributed by atoms with Crippen molar-refractivity contribution in [1.29, 1.82) is 0 Å². The molecule has 1 N–H and O–H groups in total. The van der Waals surface area contributed by atoms with Crippen LogP contribution in [0.25, 0.3) is 10.1 Å². The average molecular weight is 378 g/mol. The fraction of sp³-hybridized carbons (Fsp3) is 0.294. The Bertz CT molecular complexity index is 781. The highest BCUT2D eigenvalue weighted by Gasteiger charge is 2.22. The summed E-state index contributed by atoms with van der Waals surface area (Å²) in [5.41, 5.74) is 2.98. The number of hydrogen-bond donors (Lipinski definition) is 1. The molecule has 4 heteroatoms. The van der Waals surface area contributed by atoms with Crippen LogP contribution < -0.4 is 5.32 Å². The van der Waals surface area contributed by atoms with Crippen molar-refractivity contribution in [3.63, 3.8) is 0 Å². The summed E-state index contributed by atoms with van der Waals surface area (Å²) >= 11 is 7.49. The zero-order valence-corrected chi connectivity index (χ0v) is 15.0. The maximum absolute atomic E-state index is 3.67. The summed E-state index contributed by atoms with van der Waals surface area (Å²) in [5.74, 6) is 0. The number of benzene rings is 1. The molecule has 0 bridgehead atoms. The monoisotopic (exact) mass is 377 g/mol. The number of aryl methyl sites for hydroxylation is 2. The molecule has 0 saturated carbocycles. The summed E-state index contributed by atoms with van der Waals surface area (Å²) in [4.78, 5) is 3.06. The minimum absolute atomic E-state index is 0.309. The van der Waals surface area contributed by atoms with E-state index < -0.39 is 0 Å². The van der Waals surface area contributed by atoms with Crippen LogP contribution in [-0.4, -0.2) is 7.05 Å². The predicted octanol–water partition coefficient (Wildman–Crippen LogP) is 5.52. The van der Waals surface area contributed by atoms with Crippen molar-refractivity contribution in [3.8, 4) is 0 Å². The summed E-state index contributed by atoms with van der Waals surface area (Å²) in [7, 11) is 2.07. The SMILES string of the molecule is CNC(c1cc2c(s1)CCC2)c1csc2c(Br)cccc12. The molecule has 1 unspecified atom stereocenters. The molecule has 1 aromatic carbocycles. The second-order valence-electron chi connectivity index (χ2n) is 5.48. The van der Waals surface area contributed by atoms with E-state index in [0.29, 0.717) is 6.04 Å². The number of nitrogens with one attached hydrogen (secondary N) is 1. The molecule has 21 heavy (non-hydrogen) atoms.